The molecule has 0 bridgehead atoms. The van der Waals surface area contributed by atoms with Gasteiger partial charge < -0.3 is 20.4 Å². The zero-order chi connectivity index (χ0) is 27.3. The van der Waals surface area contributed by atoms with Crippen molar-refractivity contribution in [2.24, 2.45) is 0 Å². The molecule has 1 aliphatic heterocycles. The van der Waals surface area contributed by atoms with Gasteiger partial charge in [-0.3, -0.25) is 19.1 Å². The smallest absolute Gasteiger partial charge is 0.319 e. The van der Waals surface area contributed by atoms with E-state index in [1.807, 2.05) is 6.07 Å². The largest absolute Gasteiger partial charge is 0.379 e. The predicted octanol–water partition coefficient (Wildman–Crippen LogP) is 0.831. The number of ether oxygens (including phenoxy) is 1. The molecule has 1 saturated heterocycles. The number of hydrogen-bond donors (Lipinski definition) is 6. The van der Waals surface area contributed by atoms with Gasteiger partial charge in [-0.05, 0) is 30.5 Å². The molecule has 17 heteroatoms. The van der Waals surface area contributed by atoms with Gasteiger partial charge >= 0.3 is 6.03 Å². The minimum Gasteiger partial charge on any atom is -0.379 e. The van der Waals surface area contributed by atoms with Crippen LogP contribution in [0.5, 0.6) is 0 Å². The van der Waals surface area contributed by atoms with E-state index in [1.165, 1.54) is 5.56 Å². The summed E-state index contributed by atoms with van der Waals surface area (Å²) in [5.41, 5.74) is 4.34. The molecule has 0 atom stereocenters. The number of fused-ring (bicyclic) bond motifs is 1. The van der Waals surface area contributed by atoms with Gasteiger partial charge in [0.05, 0.1) is 47.6 Å². The van der Waals surface area contributed by atoms with Crippen LogP contribution in [0.2, 0.25) is 0 Å². The van der Waals surface area contributed by atoms with Crippen LogP contribution in [0.3, 0.4) is 0 Å². The van der Waals surface area contributed by atoms with E-state index in [9.17, 15) is 21.6 Å². The zero-order valence-corrected chi connectivity index (χ0v) is 21.9. The van der Waals surface area contributed by atoms with Crippen LogP contribution in [-0.2, 0) is 31.5 Å². The number of H-pyrrole nitrogens is 2. The van der Waals surface area contributed by atoms with Crippen molar-refractivity contribution in [1.29, 1.82) is 0 Å². The summed E-state index contributed by atoms with van der Waals surface area (Å²) in [6.07, 6.45) is 3.68. The van der Waals surface area contributed by atoms with Gasteiger partial charge in [0.25, 0.3) is 20.2 Å². The van der Waals surface area contributed by atoms with E-state index in [0.29, 0.717) is 23.2 Å². The lowest BCUT2D eigenvalue weighted by Gasteiger charge is -2.26. The highest BCUT2D eigenvalue weighted by Gasteiger charge is 2.24. The Morgan fingerprint density at radius 3 is 2.42 bits per heavy atom. The van der Waals surface area contributed by atoms with E-state index in [1.54, 1.807) is 6.20 Å². The molecule has 2 amide bonds. The number of hydrogen-bond acceptors (Lipinski definition) is 9. The summed E-state index contributed by atoms with van der Waals surface area (Å²) >= 11 is 0. The van der Waals surface area contributed by atoms with Crippen molar-refractivity contribution in [1.82, 2.24) is 30.4 Å². The molecule has 6 N–H and O–H groups in total. The van der Waals surface area contributed by atoms with Crippen molar-refractivity contribution in [3.8, 4) is 11.5 Å². The summed E-state index contributed by atoms with van der Waals surface area (Å²) in [5.74, 6) is -1.31. The van der Waals surface area contributed by atoms with Crippen molar-refractivity contribution < 1.29 is 35.5 Å². The second-order valence-corrected chi connectivity index (χ2v) is 12.1. The van der Waals surface area contributed by atoms with Crippen molar-refractivity contribution in [2.45, 2.75) is 25.4 Å². The number of benzene rings is 1. The number of nitrogens with zero attached hydrogens (tertiary/aromatic N) is 3. The average Bonchev–Trinajstić information content (AvgIpc) is 3.36. The van der Waals surface area contributed by atoms with Crippen LogP contribution in [0.1, 0.15) is 18.4 Å². The molecule has 0 unspecified atom stereocenters. The van der Waals surface area contributed by atoms with Crippen LogP contribution in [0.15, 0.2) is 24.4 Å². The maximum atomic E-state index is 12.0. The molecule has 3 aromatic rings. The molecule has 0 radical (unpaired) electrons. The van der Waals surface area contributed by atoms with Gasteiger partial charge in [0.15, 0.2) is 5.82 Å². The number of rotatable bonds is 8. The van der Waals surface area contributed by atoms with Crippen molar-refractivity contribution in [3.63, 3.8) is 0 Å². The Balaban J connectivity index is 0.000000289. The van der Waals surface area contributed by atoms with Gasteiger partial charge in [0, 0.05) is 25.7 Å². The predicted molar refractivity (Wildman–Crippen MR) is 138 cm³/mol. The zero-order valence-electron chi connectivity index (χ0n) is 20.3. The second kappa shape index (κ2) is 11.7. The molecule has 1 aliphatic carbocycles. The first-order chi connectivity index (χ1) is 17.9. The van der Waals surface area contributed by atoms with Gasteiger partial charge in [0.2, 0.25) is 0 Å². The first-order valence-electron chi connectivity index (χ1n) is 11.8. The number of carbonyl (C=O) groups excluding carboxylic acids is 1. The Hall–Kier alpha value is -3.09. The number of morpholine rings is 1. The van der Waals surface area contributed by atoms with Crippen LogP contribution in [0.4, 0.5) is 10.5 Å². The summed E-state index contributed by atoms with van der Waals surface area (Å²) in [4.78, 5) is 22.4. The molecule has 1 aromatic carbocycles. The molecular weight excluding hydrogens is 542 g/mol. The van der Waals surface area contributed by atoms with Crippen LogP contribution < -0.4 is 10.6 Å². The normalized spacial score (nSPS) is 16.6. The van der Waals surface area contributed by atoms with Crippen molar-refractivity contribution >= 4 is 43.0 Å². The number of anilines is 1. The number of aromatic nitrogens is 4. The summed E-state index contributed by atoms with van der Waals surface area (Å²) in [5, 5.41) is 12.8. The molecule has 2 aliphatic rings. The third-order valence-corrected chi connectivity index (χ3v) is 7.39. The number of nitrogens with one attached hydrogen (secondary N) is 4. The second-order valence-electron chi connectivity index (χ2n) is 8.93. The van der Waals surface area contributed by atoms with Gasteiger partial charge in [-0.1, -0.05) is 6.07 Å². The van der Waals surface area contributed by atoms with E-state index in [2.05, 4.69) is 47.8 Å². The van der Waals surface area contributed by atoms with Crippen LogP contribution >= 0.6 is 0 Å². The van der Waals surface area contributed by atoms with E-state index >= 15 is 0 Å². The van der Waals surface area contributed by atoms with Crippen LogP contribution in [-0.4, -0.2) is 101 Å². The third-order valence-electron chi connectivity index (χ3n) is 5.69. The lowest BCUT2D eigenvalue weighted by molar-refractivity contribution is 0.0342. The van der Waals surface area contributed by atoms with Crippen LogP contribution in [0.25, 0.3) is 22.6 Å². The highest BCUT2D eigenvalue weighted by molar-refractivity contribution is 7.89. The molecule has 15 nitrogen and oxygen atoms in total. The Bertz CT molecular complexity index is 1440. The fraction of sp³-hybridized carbons (Fsp3) is 0.476. The minimum atomic E-state index is -4.30. The van der Waals surface area contributed by atoms with E-state index in [4.69, 9.17) is 13.8 Å². The average molecular weight is 572 g/mol. The summed E-state index contributed by atoms with van der Waals surface area (Å²) in [6, 6.07) is 6.34. The fourth-order valence-corrected chi connectivity index (χ4v) is 5.32. The van der Waals surface area contributed by atoms with Gasteiger partial charge in [0.1, 0.15) is 5.69 Å². The maximum absolute atomic E-state index is 12.0. The number of amides is 2. The highest BCUT2D eigenvalue weighted by Crippen LogP contribution is 2.26. The summed E-state index contributed by atoms with van der Waals surface area (Å²) in [6.45, 7) is 4.39. The van der Waals surface area contributed by atoms with Gasteiger partial charge in [-0.25, -0.2) is 9.78 Å². The van der Waals surface area contributed by atoms with E-state index in [0.717, 1.165) is 56.7 Å². The molecule has 2 fully saturated rings. The number of aromatic amines is 2. The monoisotopic (exact) mass is 571 g/mol. The molecular formula is C21H29N7O8S2. The molecule has 208 valence electrons. The van der Waals surface area contributed by atoms with Crippen LogP contribution in [0, 0.1) is 0 Å². The summed E-state index contributed by atoms with van der Waals surface area (Å²) in [7, 11) is -8.59. The first-order valence-corrected chi connectivity index (χ1v) is 15.0. The lowest BCUT2D eigenvalue weighted by Crippen LogP contribution is -2.35. The maximum Gasteiger partial charge on any atom is 0.319 e. The molecule has 5 rings (SSSR count). The van der Waals surface area contributed by atoms with E-state index < -0.39 is 31.7 Å². The number of carbonyl (C=O) groups is 1. The first kappa shape index (κ1) is 27.9. The topological polar surface area (TPSA) is 220 Å². The summed E-state index contributed by atoms with van der Waals surface area (Å²) < 4.78 is 60.8. The van der Waals surface area contributed by atoms with Crippen molar-refractivity contribution in [2.75, 3.05) is 43.1 Å². The fourth-order valence-electron chi connectivity index (χ4n) is 3.63. The minimum absolute atomic E-state index is 0.214. The Labute approximate surface area is 218 Å². The highest BCUT2D eigenvalue weighted by atomic mass is 32.2. The molecule has 0 spiro atoms. The number of urea groups is 1. The Morgan fingerprint density at radius 1 is 1.11 bits per heavy atom. The lowest BCUT2D eigenvalue weighted by atomic mass is 10.2. The van der Waals surface area contributed by atoms with E-state index in [-0.39, 0.29) is 6.03 Å². The molecule has 2 aromatic heterocycles. The van der Waals surface area contributed by atoms with Gasteiger partial charge in [-0.2, -0.15) is 21.9 Å². The van der Waals surface area contributed by atoms with Crippen molar-refractivity contribution in [3.05, 3.63) is 30.0 Å². The standard InChI is InChI=1S/C19H23N7O2.C2H6O6S2/c27-19(21-13-2-3-13)24-16-10-20-25-17(16)18-22-14-4-1-12(9-15(14)23-18)11-26-5-7-28-8-6-26;3-9(4,5)1-2-10(6,7)8/h1,4,9-10,13H,2-3,5-8,11H2,(H,20,25)(H,22,23)(H2,21,24,27);1-2H2,(H,3,4,5)(H,6,7,8). The Kier molecular flexibility index (Phi) is 8.64. The van der Waals surface area contributed by atoms with Gasteiger partial charge in [-0.15, -0.1) is 0 Å². The Morgan fingerprint density at radius 2 is 1.79 bits per heavy atom. The third kappa shape index (κ3) is 8.74. The quantitative estimate of drug-likeness (QED) is 0.208. The molecule has 1 saturated carbocycles. The number of imidazole rings is 1. The molecule has 38 heavy (non-hydrogen) atoms. The molecule has 3 heterocycles. The SMILES string of the molecule is O=C(Nc1cn[nH]c1-c1nc2ccc(CN3CCOCC3)cc2[nH]1)NC1CC1.O=S(=O)(O)CCS(=O)(=O)O.